The number of hydrogen-bond donors (Lipinski definition) is 1. The summed E-state index contributed by atoms with van der Waals surface area (Å²) in [5.74, 6) is 0.997. The van der Waals surface area contributed by atoms with Crippen molar-refractivity contribution in [3.05, 3.63) is 69.8 Å². The number of aryl methyl sites for hydroxylation is 2. The van der Waals surface area contributed by atoms with Gasteiger partial charge in [-0.1, -0.05) is 17.7 Å². The van der Waals surface area contributed by atoms with E-state index >= 15 is 0 Å². The Balaban J connectivity index is 1.93. The molecule has 3 aromatic rings. The minimum Gasteiger partial charge on any atom is -0.497 e. The first kappa shape index (κ1) is 17.2. The standard InChI is InChI=1S/C19H18BrN3O2/c1-12-4-6-14(7-5-12)23-18(10-13(2)22-23)21-19(24)16-11-15(25-3)8-9-17(16)20/h4-11H,1-3H3,(H,21,24). The van der Waals surface area contributed by atoms with Crippen molar-refractivity contribution in [2.75, 3.05) is 12.4 Å². The Bertz CT molecular complexity index is 917. The zero-order valence-electron chi connectivity index (χ0n) is 14.2. The molecule has 0 fully saturated rings. The van der Waals surface area contributed by atoms with Gasteiger partial charge in [-0.15, -0.1) is 0 Å². The molecule has 3 rings (SSSR count). The summed E-state index contributed by atoms with van der Waals surface area (Å²) in [6, 6.07) is 15.1. The van der Waals surface area contributed by atoms with Crippen molar-refractivity contribution >= 4 is 27.7 Å². The Labute approximate surface area is 154 Å². The van der Waals surface area contributed by atoms with Gasteiger partial charge in [0.25, 0.3) is 5.91 Å². The number of nitrogens with one attached hydrogen (secondary N) is 1. The molecular weight excluding hydrogens is 382 g/mol. The predicted octanol–water partition coefficient (Wildman–Crippen LogP) is 4.51. The van der Waals surface area contributed by atoms with Gasteiger partial charge in [0.05, 0.1) is 24.1 Å². The number of amides is 1. The predicted molar refractivity (Wildman–Crippen MR) is 102 cm³/mol. The van der Waals surface area contributed by atoms with Crippen LogP contribution in [0.3, 0.4) is 0 Å². The largest absolute Gasteiger partial charge is 0.497 e. The normalized spacial score (nSPS) is 10.6. The van der Waals surface area contributed by atoms with E-state index < -0.39 is 0 Å². The second-order valence-electron chi connectivity index (χ2n) is 5.72. The molecule has 25 heavy (non-hydrogen) atoms. The van der Waals surface area contributed by atoms with E-state index in [1.54, 1.807) is 30.0 Å². The van der Waals surface area contributed by atoms with Crippen molar-refractivity contribution in [2.24, 2.45) is 0 Å². The molecule has 0 bridgehead atoms. The minimum absolute atomic E-state index is 0.237. The van der Waals surface area contributed by atoms with Crippen molar-refractivity contribution < 1.29 is 9.53 Å². The Kier molecular flexibility index (Phi) is 4.90. The molecule has 1 aromatic heterocycles. The summed E-state index contributed by atoms with van der Waals surface area (Å²) in [6.45, 7) is 3.92. The van der Waals surface area contributed by atoms with Gasteiger partial charge in [0.2, 0.25) is 0 Å². The van der Waals surface area contributed by atoms with Crippen LogP contribution in [0.4, 0.5) is 5.82 Å². The highest BCUT2D eigenvalue weighted by Crippen LogP contribution is 2.24. The average Bonchev–Trinajstić information content (AvgIpc) is 2.96. The number of ether oxygens (including phenoxy) is 1. The molecule has 0 saturated carbocycles. The Morgan fingerprint density at radius 1 is 1.12 bits per heavy atom. The van der Waals surface area contributed by atoms with Gasteiger partial charge in [-0.2, -0.15) is 5.10 Å². The summed E-state index contributed by atoms with van der Waals surface area (Å²) >= 11 is 3.41. The Morgan fingerprint density at radius 3 is 2.52 bits per heavy atom. The van der Waals surface area contributed by atoms with Gasteiger partial charge in [0, 0.05) is 10.5 Å². The maximum Gasteiger partial charge on any atom is 0.258 e. The van der Waals surface area contributed by atoms with Gasteiger partial charge in [0.1, 0.15) is 11.6 Å². The molecule has 2 aromatic carbocycles. The van der Waals surface area contributed by atoms with E-state index in [1.807, 2.05) is 44.2 Å². The summed E-state index contributed by atoms with van der Waals surface area (Å²) in [6.07, 6.45) is 0. The molecule has 1 amide bonds. The van der Waals surface area contributed by atoms with Crippen LogP contribution in [0.15, 0.2) is 53.0 Å². The van der Waals surface area contributed by atoms with E-state index in [4.69, 9.17) is 4.74 Å². The molecule has 0 aliphatic rings. The topological polar surface area (TPSA) is 56.1 Å². The Hall–Kier alpha value is -2.60. The summed E-state index contributed by atoms with van der Waals surface area (Å²) in [5, 5.41) is 7.41. The van der Waals surface area contributed by atoms with E-state index in [2.05, 4.69) is 26.3 Å². The van der Waals surface area contributed by atoms with Gasteiger partial charge < -0.3 is 10.1 Å². The number of hydrogen-bond acceptors (Lipinski definition) is 3. The fourth-order valence-corrected chi connectivity index (χ4v) is 2.89. The van der Waals surface area contributed by atoms with Crippen molar-refractivity contribution in [2.45, 2.75) is 13.8 Å². The summed E-state index contributed by atoms with van der Waals surface area (Å²) in [7, 11) is 1.57. The molecule has 0 radical (unpaired) electrons. The van der Waals surface area contributed by atoms with Gasteiger partial charge in [0.15, 0.2) is 0 Å². The molecule has 0 aliphatic heterocycles. The fourth-order valence-electron chi connectivity index (χ4n) is 2.46. The number of benzene rings is 2. The first-order chi connectivity index (χ1) is 12.0. The van der Waals surface area contributed by atoms with Gasteiger partial charge in [-0.25, -0.2) is 4.68 Å². The van der Waals surface area contributed by atoms with Crippen LogP contribution in [0, 0.1) is 13.8 Å². The molecule has 5 nitrogen and oxygen atoms in total. The second-order valence-corrected chi connectivity index (χ2v) is 6.57. The molecule has 1 heterocycles. The number of halogens is 1. The van der Waals surface area contributed by atoms with Crippen LogP contribution in [-0.4, -0.2) is 22.8 Å². The van der Waals surface area contributed by atoms with Crippen molar-refractivity contribution in [3.63, 3.8) is 0 Å². The van der Waals surface area contributed by atoms with Gasteiger partial charge >= 0.3 is 0 Å². The third-order valence-electron chi connectivity index (χ3n) is 3.77. The average molecular weight is 400 g/mol. The molecule has 0 atom stereocenters. The Morgan fingerprint density at radius 2 is 1.84 bits per heavy atom. The lowest BCUT2D eigenvalue weighted by Gasteiger charge is -2.11. The number of carbonyl (C=O) groups is 1. The first-order valence-corrected chi connectivity index (χ1v) is 8.56. The van der Waals surface area contributed by atoms with Crippen LogP contribution in [0.5, 0.6) is 5.75 Å². The number of nitrogens with zero attached hydrogens (tertiary/aromatic N) is 2. The summed E-state index contributed by atoms with van der Waals surface area (Å²) < 4.78 is 7.62. The second kappa shape index (κ2) is 7.11. The third kappa shape index (κ3) is 3.74. The first-order valence-electron chi connectivity index (χ1n) is 7.76. The molecule has 1 N–H and O–H groups in total. The summed E-state index contributed by atoms with van der Waals surface area (Å²) in [4.78, 5) is 12.7. The van der Waals surface area contributed by atoms with E-state index in [9.17, 15) is 4.79 Å². The zero-order chi connectivity index (χ0) is 18.0. The van der Waals surface area contributed by atoms with Crippen molar-refractivity contribution in [1.82, 2.24) is 9.78 Å². The number of rotatable bonds is 4. The number of anilines is 1. The summed E-state index contributed by atoms with van der Waals surface area (Å²) in [5.41, 5.74) is 3.37. The number of carbonyl (C=O) groups excluding carboxylic acids is 1. The SMILES string of the molecule is COc1ccc(Br)c(C(=O)Nc2cc(C)nn2-c2ccc(C)cc2)c1. The number of methoxy groups -OCH3 is 1. The van der Waals surface area contributed by atoms with Crippen molar-refractivity contribution in [3.8, 4) is 11.4 Å². The van der Waals surface area contributed by atoms with Gasteiger partial charge in [-0.05, 0) is 60.1 Å². The van der Waals surface area contributed by atoms with Crippen LogP contribution < -0.4 is 10.1 Å². The van der Waals surface area contributed by atoms with E-state index in [0.29, 0.717) is 21.6 Å². The lowest BCUT2D eigenvalue weighted by atomic mass is 10.2. The van der Waals surface area contributed by atoms with Crippen LogP contribution >= 0.6 is 15.9 Å². The molecule has 128 valence electrons. The molecule has 0 unspecified atom stereocenters. The lowest BCUT2D eigenvalue weighted by molar-refractivity contribution is 0.102. The highest BCUT2D eigenvalue weighted by molar-refractivity contribution is 9.10. The highest BCUT2D eigenvalue weighted by Gasteiger charge is 2.15. The van der Waals surface area contributed by atoms with Crippen LogP contribution in [0.1, 0.15) is 21.6 Å². The minimum atomic E-state index is -0.237. The molecule has 0 aliphatic carbocycles. The molecule has 6 heteroatoms. The lowest BCUT2D eigenvalue weighted by Crippen LogP contribution is -2.15. The van der Waals surface area contributed by atoms with Crippen LogP contribution in [0.25, 0.3) is 5.69 Å². The monoisotopic (exact) mass is 399 g/mol. The van der Waals surface area contributed by atoms with E-state index in [-0.39, 0.29) is 5.91 Å². The molecule has 0 spiro atoms. The third-order valence-corrected chi connectivity index (χ3v) is 4.46. The maximum absolute atomic E-state index is 12.7. The van der Waals surface area contributed by atoms with E-state index in [1.165, 1.54) is 5.56 Å². The number of aromatic nitrogens is 2. The van der Waals surface area contributed by atoms with Crippen LogP contribution in [0.2, 0.25) is 0 Å². The molecular formula is C19H18BrN3O2. The highest BCUT2D eigenvalue weighted by atomic mass is 79.9. The van der Waals surface area contributed by atoms with E-state index in [0.717, 1.165) is 11.4 Å². The van der Waals surface area contributed by atoms with Gasteiger partial charge in [-0.3, -0.25) is 4.79 Å². The quantitative estimate of drug-likeness (QED) is 0.701. The molecule has 0 saturated heterocycles. The van der Waals surface area contributed by atoms with Crippen LogP contribution in [-0.2, 0) is 0 Å². The maximum atomic E-state index is 12.7. The smallest absolute Gasteiger partial charge is 0.258 e. The van der Waals surface area contributed by atoms with Crippen molar-refractivity contribution in [1.29, 1.82) is 0 Å². The fraction of sp³-hybridized carbons (Fsp3) is 0.158. The zero-order valence-corrected chi connectivity index (χ0v) is 15.8.